The van der Waals surface area contributed by atoms with Gasteiger partial charge in [-0.1, -0.05) is 101 Å². The van der Waals surface area contributed by atoms with Crippen LogP contribution in [0.2, 0.25) is 0 Å². The third-order valence-electron chi connectivity index (χ3n) is 28.5. The zero-order valence-electron chi connectivity index (χ0n) is 84.4. The number of aromatic amines is 2. The van der Waals surface area contributed by atoms with Gasteiger partial charge in [0.2, 0.25) is 11.1 Å². The van der Waals surface area contributed by atoms with E-state index < -0.39 is 97.5 Å². The largest absolute Gasteiger partial charge is 0.0969 e. The van der Waals surface area contributed by atoms with Gasteiger partial charge in [-0.2, -0.15) is 26.3 Å². The second-order valence-electron chi connectivity index (χ2n) is 38.7. The number of ether oxygens (including phenoxy) is 3. The number of benzene rings is 9. The Bertz CT molecular complexity index is 6040. The number of halogens is 13. The third kappa shape index (κ3) is 31.9. The molecule has 0 unspecified atom stereocenters. The molecule has 0 bridgehead atoms. The number of amides is 2. The normalized spacial score (nSPS) is 19.1. The summed E-state index contributed by atoms with van der Waals surface area (Å²) in [6.07, 6.45) is 3.23. The van der Waals surface area contributed by atoms with Crippen LogP contribution in [0, 0.1) is 17.5 Å². The molecule has 8 aliphatic rings. The molecule has 6 aliphatic heterocycles. The molecule has 11 aromatic rings. The second-order valence-corrected chi connectivity index (χ2v) is 48.5. The fraction of sp³-hybridized carbons (Fsp3) is 0.400. The van der Waals surface area contributed by atoms with Crippen molar-refractivity contribution < 1.29 is 106 Å². The van der Waals surface area contributed by atoms with Gasteiger partial charge in [-0.3, -0.25) is 29.0 Å². The average molecular weight is 2390 g/mol. The van der Waals surface area contributed by atoms with E-state index in [4.69, 9.17) is 42.6 Å². The van der Waals surface area contributed by atoms with Crippen molar-refractivity contribution in [2.24, 2.45) is 0 Å². The summed E-state index contributed by atoms with van der Waals surface area (Å²) < 4.78 is 153. The number of H-pyrrole nitrogens is 2. The molecular formula is C110H129BBr2Cl2F9FeN11O9P2Pd+2. The molecule has 2 saturated carbocycles. The van der Waals surface area contributed by atoms with Gasteiger partial charge in [-0.05, 0) is 270 Å². The predicted molar refractivity (Wildman–Crippen MR) is 586 cm³/mol. The van der Waals surface area contributed by atoms with Crippen molar-refractivity contribution in [1.82, 2.24) is 19.8 Å². The van der Waals surface area contributed by atoms with E-state index in [-0.39, 0.29) is 80.1 Å². The van der Waals surface area contributed by atoms with Crippen LogP contribution in [0.1, 0.15) is 139 Å². The van der Waals surface area contributed by atoms with Gasteiger partial charge in [0, 0.05) is 164 Å². The summed E-state index contributed by atoms with van der Waals surface area (Å²) >= 11 is 6.38. The SMILES string of the molecule is CC1(C)OB(c2ccc(N3CCOCC3)cc2F)OC1(C)C.C[C@@H]1CN(c2ccc(-c3ccc(N4CCOCC4)cc3F)cc2NC(=O)c2c[nH]c(=O)cc2C(F)(F)F)C[C@H](C)N1C.C[C@@H]1CN(c2ccc(Br)cc2NC(=O)c2c[nH]c(=O)cc2C(F)(F)F)C[C@H](C)N1C.Fc1cc(N2CCOCC2)ccc1Br.[Cl][Pd][Cl].[Fe].c1ccc([PH+](c2ccccc2)C2CCCC2)cc1.c1ccc([PH+](c2ccccc2)C2CCCC2)cc1. The van der Waals surface area contributed by atoms with Gasteiger partial charge >= 0.3 is 54.5 Å². The van der Waals surface area contributed by atoms with Crippen molar-refractivity contribution in [3.63, 3.8) is 0 Å². The molecule has 148 heavy (non-hydrogen) atoms. The summed E-state index contributed by atoms with van der Waals surface area (Å²) in [6.45, 7) is 27.3. The molecule has 38 heteroatoms. The minimum absolute atomic E-state index is 0. The fourth-order valence-corrected chi connectivity index (χ4v) is 26.8. The fourth-order valence-electron chi connectivity index (χ4n) is 19.5. The Morgan fingerprint density at radius 1 is 0.439 bits per heavy atom. The number of hydrogen-bond donors (Lipinski definition) is 4. The number of hydrogen-bond acceptors (Lipinski definition) is 16. The molecule has 0 radical (unpaired) electrons. The van der Waals surface area contributed by atoms with E-state index in [1.807, 2.05) is 77.0 Å². The molecule has 8 fully saturated rings. The number of aromatic nitrogens is 2. The number of carbonyl (C=O) groups is 2. The molecule has 8 heterocycles. The van der Waals surface area contributed by atoms with Crippen LogP contribution in [-0.2, 0) is 68.9 Å². The van der Waals surface area contributed by atoms with Gasteiger partial charge in [0.05, 0.1) is 149 Å². The number of carbonyl (C=O) groups excluding carboxylic acids is 2. The first-order valence-corrected chi connectivity index (χ1v) is 58.3. The predicted octanol–water partition coefficient (Wildman–Crippen LogP) is 22.1. The van der Waals surface area contributed by atoms with Crippen LogP contribution in [0.4, 0.5) is 79.3 Å². The molecule has 4 N–H and O–H groups in total. The summed E-state index contributed by atoms with van der Waals surface area (Å²) in [5.74, 6) is -2.97. The molecule has 19 rings (SSSR count). The van der Waals surface area contributed by atoms with Crippen molar-refractivity contribution in [3.05, 3.63) is 306 Å². The summed E-state index contributed by atoms with van der Waals surface area (Å²) in [5, 5.41) is 11.6. The third-order valence-corrected chi connectivity index (χ3v) is 36.2. The first-order valence-electron chi connectivity index (χ1n) is 49.5. The summed E-state index contributed by atoms with van der Waals surface area (Å²) in [5.41, 5.74) is 0.701. The standard InChI is InChI=1S/C30H33F4N5O3.C20H22BrF3N4O2.2C17H19P.C16H23BFNO3.C10H11BrFNO.2ClH.Fe.Pd/c1-18-16-39(17-19(2)37(18)3)27-7-4-20(22-6-5-21(13-25(22)31)38-8-10-42-11-9-38)12-26(27)36-29(41)23-15-35-28(40)14-24(23)30(32,33)34;1-11-9-28(10-12(2)27(11)3)17-5-4-13(21)6-16(17)26-19(30)14-8-25-18(29)7-15(14)20(22,23)24;2*1-3-9-15(10-4-1)18(17-13-7-8-14-17)16-11-5-2-6-12-16;1-15(2)16(3,4)22-17(21-15)13-6-5-12(11-14(13)18)19-7-9-20-10-8-19;11-9-2-1-8(7-10(9)12)13-3-5-14-6-4-13;;;;/h4-7,12-15,18-19H,8-11,16-17H2,1-3H3,(H,35,40)(H,36,41);4-8,11-12H,9-10H2,1-3H3,(H,25,29)(H,26,30);2*1-6,9-12,17H,7-8,13-14H2;5-6,11H,7-10H2,1-4H3;1-2,7H,3-6H2;2*1H;;/q;;;;;;;;;+2/t18-,19+;11-,12+;;;;;;;;. The van der Waals surface area contributed by atoms with Gasteiger partial charge in [-0.25, -0.2) is 13.2 Å². The van der Waals surface area contributed by atoms with E-state index in [1.54, 1.807) is 75.8 Å². The minimum atomic E-state index is -4.92. The maximum Gasteiger partial charge on any atom is 0.0969 e. The molecule has 2 amide bonds. The zero-order chi connectivity index (χ0) is 105. The second kappa shape index (κ2) is 55.4. The van der Waals surface area contributed by atoms with E-state index in [0.29, 0.717) is 109 Å². The van der Waals surface area contributed by atoms with Crippen LogP contribution in [0.25, 0.3) is 11.1 Å². The van der Waals surface area contributed by atoms with E-state index in [0.717, 1.165) is 85.9 Å². The molecule has 798 valence electrons. The van der Waals surface area contributed by atoms with Crippen molar-refractivity contribution in [1.29, 1.82) is 0 Å². The number of rotatable bonds is 17. The number of nitrogens with one attached hydrogen (secondary N) is 4. The number of alkyl halides is 6. The molecule has 0 spiro atoms. The number of piperazine rings is 2. The zero-order valence-corrected chi connectivity index (χ0v) is 93.8. The quantitative estimate of drug-likeness (QED) is 0.0382. The molecule has 2 aliphatic carbocycles. The van der Waals surface area contributed by atoms with Crippen LogP contribution < -0.4 is 72.9 Å². The van der Waals surface area contributed by atoms with Crippen molar-refractivity contribution in [2.45, 2.75) is 166 Å². The molecule has 2 aromatic heterocycles. The first kappa shape index (κ1) is 118. The van der Waals surface area contributed by atoms with Crippen LogP contribution in [0.15, 0.2) is 255 Å². The Balaban J connectivity index is 0.000000163. The number of morpholine rings is 3. The maximum atomic E-state index is 15.5. The first-order chi connectivity index (χ1) is 70.3. The Hall–Kier alpha value is -8.44. The van der Waals surface area contributed by atoms with Gasteiger partial charge in [0.1, 0.15) is 17.5 Å². The Kier molecular flexibility index (Phi) is 44.2. The average Bonchev–Trinajstić information content (AvgIpc) is 1.56. The van der Waals surface area contributed by atoms with Gasteiger partial charge in [0.15, 0.2) is 0 Å². The smallest absolute Gasteiger partial charge is 0.0620 e. The van der Waals surface area contributed by atoms with E-state index in [2.05, 4.69) is 231 Å². The van der Waals surface area contributed by atoms with Crippen molar-refractivity contribution in [3.8, 4) is 11.1 Å². The van der Waals surface area contributed by atoms with Crippen LogP contribution in [-0.4, -0.2) is 205 Å². The van der Waals surface area contributed by atoms with Gasteiger partial charge in [-0.15, -0.1) is 0 Å². The Morgan fingerprint density at radius 3 is 1.11 bits per heavy atom. The summed E-state index contributed by atoms with van der Waals surface area (Å²) in [6, 6.07) is 72.1. The Labute approximate surface area is 907 Å². The molecular weight excluding hydrogens is 2260 g/mol. The molecule has 6 saturated heterocycles. The molecule has 20 nitrogen and oxygen atoms in total. The number of nitrogens with zero attached hydrogens (tertiary/aromatic N) is 7. The molecule has 9 aromatic carbocycles. The number of pyridine rings is 2. The van der Waals surface area contributed by atoms with Gasteiger partial charge in [0.25, 0.3) is 11.8 Å². The van der Waals surface area contributed by atoms with E-state index in [1.165, 1.54) is 57.4 Å². The monoisotopic (exact) mass is 2380 g/mol. The summed E-state index contributed by atoms with van der Waals surface area (Å²) in [7, 11) is 11.9. The minimum Gasteiger partial charge on any atom is -0.0620 e. The van der Waals surface area contributed by atoms with Gasteiger partial charge < -0.3 is 68.6 Å². The van der Waals surface area contributed by atoms with E-state index >= 15 is 4.39 Å². The van der Waals surface area contributed by atoms with Crippen LogP contribution in [0.3, 0.4) is 0 Å². The maximum absolute atomic E-state index is 15.5. The van der Waals surface area contributed by atoms with Crippen LogP contribution >= 0.6 is 66.8 Å². The number of anilines is 7. The van der Waals surface area contributed by atoms with E-state index in [9.17, 15) is 54.3 Å². The van der Waals surface area contributed by atoms with Crippen molar-refractivity contribution >= 4 is 152 Å². The van der Waals surface area contributed by atoms with Crippen LogP contribution in [0.5, 0.6) is 0 Å². The number of likely N-dealkylation sites (N-methyl/N-ethyl adjacent to an activating group) is 2. The topological polar surface area (TPSA) is 193 Å². The van der Waals surface area contributed by atoms with Crippen molar-refractivity contribution in [2.75, 3.05) is 154 Å². The Morgan fingerprint density at radius 2 is 0.770 bits per heavy atom. The molecule has 4 atom stereocenters. The summed E-state index contributed by atoms with van der Waals surface area (Å²) in [4.78, 5) is 68.3.